The predicted molar refractivity (Wildman–Crippen MR) is 49.8 cm³/mol. The van der Waals surface area contributed by atoms with Crippen LogP contribution in [0.1, 0.15) is 16.8 Å². The molecule has 1 radical (unpaired) electrons. The molecule has 1 aromatic rings. The van der Waals surface area contributed by atoms with Crippen molar-refractivity contribution >= 4 is 11.9 Å². The standard InChI is InChI=1S/C10H9FNO3/c11-8-4-2-1-3-7(8)10(15)12-6-5-9(13)14/h2-4H,5-6H2,(H,12,15)(H,13,14). The number of carboxylic acid groups (broad SMARTS) is 1. The fourth-order valence-electron chi connectivity index (χ4n) is 0.964. The zero-order chi connectivity index (χ0) is 11.3. The van der Waals surface area contributed by atoms with Crippen LogP contribution in [0.25, 0.3) is 0 Å². The maximum absolute atomic E-state index is 13.0. The average Bonchev–Trinajstić information content (AvgIpc) is 2.17. The normalized spacial score (nSPS) is 9.67. The number of amides is 1. The molecule has 1 amide bonds. The number of carbonyl (C=O) groups is 2. The minimum absolute atomic E-state index is 0.0253. The van der Waals surface area contributed by atoms with Crippen LogP contribution < -0.4 is 5.32 Å². The van der Waals surface area contributed by atoms with Gasteiger partial charge in [-0.3, -0.25) is 9.59 Å². The van der Waals surface area contributed by atoms with Crippen molar-refractivity contribution in [3.63, 3.8) is 0 Å². The van der Waals surface area contributed by atoms with Gasteiger partial charge in [-0.05, 0) is 18.2 Å². The molecule has 15 heavy (non-hydrogen) atoms. The monoisotopic (exact) mass is 210 g/mol. The maximum atomic E-state index is 13.0. The molecule has 0 aromatic heterocycles. The highest BCUT2D eigenvalue weighted by Gasteiger charge is 2.10. The summed E-state index contributed by atoms with van der Waals surface area (Å²) >= 11 is 0. The van der Waals surface area contributed by atoms with E-state index in [9.17, 15) is 14.0 Å². The molecule has 0 aliphatic rings. The summed E-state index contributed by atoms with van der Waals surface area (Å²) in [5.41, 5.74) is -0.136. The van der Waals surface area contributed by atoms with Gasteiger partial charge in [0.05, 0.1) is 12.0 Å². The third-order valence-electron chi connectivity index (χ3n) is 1.68. The van der Waals surface area contributed by atoms with Gasteiger partial charge in [0.25, 0.3) is 5.91 Å². The summed E-state index contributed by atoms with van der Waals surface area (Å²) in [5, 5.41) is 10.6. The Bertz CT molecular complexity index is 379. The van der Waals surface area contributed by atoms with Crippen molar-refractivity contribution in [2.75, 3.05) is 6.54 Å². The smallest absolute Gasteiger partial charge is 0.305 e. The number of hydrogen-bond donors (Lipinski definition) is 2. The Morgan fingerprint density at radius 2 is 2.27 bits per heavy atom. The van der Waals surface area contributed by atoms with E-state index in [1.54, 1.807) is 0 Å². The molecule has 0 spiro atoms. The summed E-state index contributed by atoms with van der Waals surface area (Å²) < 4.78 is 13.0. The molecule has 2 N–H and O–H groups in total. The quantitative estimate of drug-likeness (QED) is 0.773. The van der Waals surface area contributed by atoms with Crippen molar-refractivity contribution in [3.05, 3.63) is 35.6 Å². The van der Waals surface area contributed by atoms with Crippen LogP contribution in [0.4, 0.5) is 4.39 Å². The Morgan fingerprint density at radius 1 is 1.53 bits per heavy atom. The Balaban J connectivity index is 2.54. The first-order chi connectivity index (χ1) is 7.11. The molecule has 0 fully saturated rings. The molecular formula is C10H9FNO3. The molecule has 1 aromatic carbocycles. The second-order valence-corrected chi connectivity index (χ2v) is 2.81. The van der Waals surface area contributed by atoms with Gasteiger partial charge >= 0.3 is 5.97 Å². The van der Waals surface area contributed by atoms with E-state index in [0.717, 1.165) is 6.07 Å². The highest BCUT2D eigenvalue weighted by Crippen LogP contribution is 2.04. The fraction of sp³-hybridized carbons (Fsp3) is 0.200. The summed E-state index contributed by atoms with van der Waals surface area (Å²) in [6, 6.07) is 6.25. The number of halogens is 1. The van der Waals surface area contributed by atoms with Gasteiger partial charge in [-0.2, -0.15) is 0 Å². The minimum Gasteiger partial charge on any atom is -0.481 e. The first kappa shape index (κ1) is 11.2. The van der Waals surface area contributed by atoms with Crippen LogP contribution in [-0.2, 0) is 4.79 Å². The summed E-state index contributed by atoms with van der Waals surface area (Å²) in [6.45, 7) is -0.0253. The number of hydrogen-bond acceptors (Lipinski definition) is 2. The summed E-state index contributed by atoms with van der Waals surface area (Å²) in [6.07, 6.45) is -0.191. The van der Waals surface area contributed by atoms with E-state index < -0.39 is 17.7 Å². The van der Waals surface area contributed by atoms with Gasteiger partial charge in [0, 0.05) is 6.54 Å². The van der Waals surface area contributed by atoms with Crippen LogP contribution in [0.3, 0.4) is 0 Å². The van der Waals surface area contributed by atoms with Crippen LogP contribution in [0.2, 0.25) is 0 Å². The lowest BCUT2D eigenvalue weighted by atomic mass is 10.2. The van der Waals surface area contributed by atoms with Crippen LogP contribution >= 0.6 is 0 Å². The van der Waals surface area contributed by atoms with Crippen molar-refractivity contribution in [2.45, 2.75) is 6.42 Å². The van der Waals surface area contributed by atoms with Crippen molar-refractivity contribution in [1.82, 2.24) is 5.32 Å². The van der Waals surface area contributed by atoms with Crippen molar-refractivity contribution in [1.29, 1.82) is 0 Å². The third-order valence-corrected chi connectivity index (χ3v) is 1.68. The summed E-state index contributed by atoms with van der Waals surface area (Å²) in [4.78, 5) is 21.4. The minimum atomic E-state index is -1.02. The summed E-state index contributed by atoms with van der Waals surface area (Å²) in [5.74, 6) is -2.30. The molecule has 1 rings (SSSR count). The Morgan fingerprint density at radius 3 is 2.87 bits per heavy atom. The average molecular weight is 210 g/mol. The molecule has 0 aliphatic carbocycles. The lowest BCUT2D eigenvalue weighted by Crippen LogP contribution is -2.26. The van der Waals surface area contributed by atoms with Gasteiger partial charge in [-0.15, -0.1) is 0 Å². The number of benzene rings is 1. The van der Waals surface area contributed by atoms with E-state index in [2.05, 4.69) is 11.4 Å². The number of carbonyl (C=O) groups excluding carboxylic acids is 1. The lowest BCUT2D eigenvalue weighted by Gasteiger charge is -2.03. The topological polar surface area (TPSA) is 66.4 Å². The van der Waals surface area contributed by atoms with Crippen LogP contribution in [0, 0.1) is 11.9 Å². The first-order valence-corrected chi connectivity index (χ1v) is 4.27. The molecular weight excluding hydrogens is 201 g/mol. The van der Waals surface area contributed by atoms with Crippen molar-refractivity contribution in [3.8, 4) is 0 Å². The molecule has 0 heterocycles. The third kappa shape index (κ3) is 3.38. The molecule has 79 valence electrons. The van der Waals surface area contributed by atoms with Crippen LogP contribution in [0.15, 0.2) is 18.2 Å². The molecule has 0 atom stereocenters. The SMILES string of the molecule is O=C(O)CCNC(=O)c1c[c]ccc1F. The Hall–Kier alpha value is -1.91. The number of rotatable bonds is 4. The molecule has 4 nitrogen and oxygen atoms in total. The fourth-order valence-corrected chi connectivity index (χ4v) is 0.964. The molecule has 0 bridgehead atoms. The molecule has 0 saturated carbocycles. The zero-order valence-electron chi connectivity index (χ0n) is 7.79. The molecule has 0 unspecified atom stereocenters. The first-order valence-electron chi connectivity index (χ1n) is 4.27. The van der Waals surface area contributed by atoms with Gasteiger partial charge in [0.2, 0.25) is 0 Å². The predicted octanol–water partition coefficient (Wildman–Crippen LogP) is 0.830. The number of aliphatic carboxylic acids is 1. The van der Waals surface area contributed by atoms with Gasteiger partial charge < -0.3 is 10.4 Å². The Labute approximate surface area is 85.7 Å². The Kier molecular flexibility index (Phi) is 3.79. The lowest BCUT2D eigenvalue weighted by molar-refractivity contribution is -0.136. The van der Waals surface area contributed by atoms with E-state index in [1.807, 2.05) is 0 Å². The number of carboxylic acids is 1. The van der Waals surface area contributed by atoms with E-state index in [0.29, 0.717) is 0 Å². The molecule has 5 heteroatoms. The highest BCUT2D eigenvalue weighted by molar-refractivity contribution is 5.94. The maximum Gasteiger partial charge on any atom is 0.305 e. The van der Waals surface area contributed by atoms with Crippen molar-refractivity contribution < 1.29 is 19.1 Å². The van der Waals surface area contributed by atoms with E-state index in [4.69, 9.17) is 5.11 Å². The largest absolute Gasteiger partial charge is 0.481 e. The van der Waals surface area contributed by atoms with E-state index in [-0.39, 0.29) is 18.5 Å². The van der Waals surface area contributed by atoms with Gasteiger partial charge in [-0.25, -0.2) is 4.39 Å². The van der Waals surface area contributed by atoms with Crippen LogP contribution in [0.5, 0.6) is 0 Å². The second kappa shape index (κ2) is 5.09. The molecule has 0 aliphatic heterocycles. The van der Waals surface area contributed by atoms with Crippen LogP contribution in [-0.4, -0.2) is 23.5 Å². The number of nitrogens with one attached hydrogen (secondary N) is 1. The highest BCUT2D eigenvalue weighted by atomic mass is 19.1. The van der Waals surface area contributed by atoms with Gasteiger partial charge in [0.15, 0.2) is 0 Å². The van der Waals surface area contributed by atoms with Gasteiger partial charge in [0.1, 0.15) is 5.82 Å². The summed E-state index contributed by atoms with van der Waals surface area (Å²) in [7, 11) is 0. The van der Waals surface area contributed by atoms with E-state index >= 15 is 0 Å². The zero-order valence-corrected chi connectivity index (χ0v) is 7.79. The molecule has 0 saturated heterocycles. The van der Waals surface area contributed by atoms with Gasteiger partial charge in [-0.1, -0.05) is 6.07 Å². The van der Waals surface area contributed by atoms with Crippen molar-refractivity contribution in [2.24, 2.45) is 0 Å². The second-order valence-electron chi connectivity index (χ2n) is 2.81. The van der Waals surface area contributed by atoms with E-state index in [1.165, 1.54) is 12.1 Å².